The van der Waals surface area contributed by atoms with Gasteiger partial charge in [0.2, 0.25) is 0 Å². The molecular weight excluding hydrogens is 444 g/mol. The Balaban J connectivity index is -0.000000572. The highest BCUT2D eigenvalue weighted by molar-refractivity contribution is 7.79. The van der Waals surface area contributed by atoms with Gasteiger partial charge in [0.05, 0.1) is 6.54 Å². The van der Waals surface area contributed by atoms with Crippen molar-refractivity contribution in [2.45, 2.75) is 40.5 Å². The summed E-state index contributed by atoms with van der Waals surface area (Å²) in [5.74, 6) is -0.396. The monoisotopic (exact) mass is 484 g/mol. The number of esters is 1. The van der Waals surface area contributed by atoms with Gasteiger partial charge in [0.1, 0.15) is 6.61 Å². The van der Waals surface area contributed by atoms with E-state index in [0.29, 0.717) is 18.7 Å². The molecule has 0 aliphatic heterocycles. The van der Waals surface area contributed by atoms with Crippen molar-refractivity contribution in [3.8, 4) is 0 Å². The molecule has 32 heavy (non-hydrogen) atoms. The molecule has 0 saturated heterocycles. The largest absolute Gasteiger partial charge is 0.460 e. The number of hydrogen-bond donors (Lipinski definition) is 6. The number of nitrogens with one attached hydrogen (secondary N) is 2. The van der Waals surface area contributed by atoms with Crippen molar-refractivity contribution in [1.29, 1.82) is 0 Å². The average molecular weight is 485 g/mol. The van der Waals surface area contributed by atoms with Gasteiger partial charge in [0, 0.05) is 18.7 Å². The molecule has 0 fully saturated rings. The van der Waals surface area contributed by atoms with Gasteiger partial charge < -0.3 is 31.7 Å². The fraction of sp³-hybridized carbons (Fsp3) is 0.722. The molecule has 14 heteroatoms. The predicted molar refractivity (Wildman–Crippen MR) is 125 cm³/mol. The van der Waals surface area contributed by atoms with E-state index in [-0.39, 0.29) is 25.1 Å². The molecule has 0 aromatic carbocycles. The molecule has 0 aromatic heterocycles. The summed E-state index contributed by atoms with van der Waals surface area (Å²) in [4.78, 5) is 28.5. The fourth-order valence-electron chi connectivity index (χ4n) is 1.81. The number of ether oxygens (including phenoxy) is 1. The normalized spacial score (nSPS) is 9.97. The van der Waals surface area contributed by atoms with E-state index in [1.54, 1.807) is 6.92 Å². The Labute approximate surface area is 191 Å². The van der Waals surface area contributed by atoms with E-state index < -0.39 is 16.4 Å². The fourth-order valence-corrected chi connectivity index (χ4v) is 1.81. The summed E-state index contributed by atoms with van der Waals surface area (Å²) in [6.07, 6.45) is 1.56. The zero-order valence-corrected chi connectivity index (χ0v) is 20.3. The van der Waals surface area contributed by atoms with Crippen molar-refractivity contribution in [2.24, 2.45) is 16.5 Å². The maximum Gasteiger partial charge on any atom is 0.394 e. The lowest BCUT2D eigenvalue weighted by Crippen LogP contribution is -2.38. The van der Waals surface area contributed by atoms with E-state index >= 15 is 0 Å². The van der Waals surface area contributed by atoms with Gasteiger partial charge in [0.25, 0.3) is 0 Å². The SMILES string of the molecule is C=C(C)C(=O)OCCNC(=O)NCCCCN=C(N)N.CCN(CC)CC.O=S(=O)(O)O. The first-order chi connectivity index (χ1) is 14.8. The third kappa shape index (κ3) is 35.0. The van der Waals surface area contributed by atoms with Crippen LogP contribution in [0.3, 0.4) is 0 Å². The van der Waals surface area contributed by atoms with Crippen LogP contribution in [-0.2, 0) is 19.9 Å². The highest BCUT2D eigenvalue weighted by Gasteiger charge is 2.03. The first-order valence-electron chi connectivity index (χ1n) is 10.1. The topological polar surface area (TPSA) is 210 Å². The van der Waals surface area contributed by atoms with Crippen LogP contribution in [0.25, 0.3) is 0 Å². The molecule has 8 N–H and O–H groups in total. The Hall–Kier alpha value is -2.42. The minimum absolute atomic E-state index is 0.0695. The maximum absolute atomic E-state index is 11.3. The summed E-state index contributed by atoms with van der Waals surface area (Å²) in [6, 6.07) is -0.307. The van der Waals surface area contributed by atoms with Gasteiger partial charge in [-0.05, 0) is 39.4 Å². The molecule has 0 bridgehead atoms. The van der Waals surface area contributed by atoms with Crippen LogP contribution in [0.15, 0.2) is 17.1 Å². The van der Waals surface area contributed by atoms with Gasteiger partial charge in [-0.15, -0.1) is 0 Å². The number of aliphatic imine (C=N–C) groups is 1. The highest BCUT2D eigenvalue weighted by Crippen LogP contribution is 1.90. The van der Waals surface area contributed by atoms with Gasteiger partial charge in [-0.25, -0.2) is 9.59 Å². The number of carbonyl (C=O) groups excluding carboxylic acids is 2. The lowest BCUT2D eigenvalue weighted by atomic mass is 10.3. The molecule has 0 unspecified atom stereocenters. The number of urea groups is 1. The lowest BCUT2D eigenvalue weighted by Gasteiger charge is -2.13. The summed E-state index contributed by atoms with van der Waals surface area (Å²) in [7, 11) is -4.67. The van der Waals surface area contributed by atoms with E-state index in [0.717, 1.165) is 12.8 Å². The van der Waals surface area contributed by atoms with E-state index in [9.17, 15) is 9.59 Å². The maximum atomic E-state index is 11.3. The molecule has 0 saturated carbocycles. The van der Waals surface area contributed by atoms with Crippen molar-refractivity contribution in [3.63, 3.8) is 0 Å². The molecule has 2 amide bonds. The number of unbranched alkanes of at least 4 members (excludes halogenated alkanes) is 1. The third-order valence-corrected chi connectivity index (χ3v) is 3.48. The molecule has 0 atom stereocenters. The van der Waals surface area contributed by atoms with Crippen LogP contribution in [0.2, 0.25) is 0 Å². The first-order valence-corrected chi connectivity index (χ1v) is 11.5. The highest BCUT2D eigenvalue weighted by atomic mass is 32.3. The summed E-state index contributed by atoms with van der Waals surface area (Å²) in [5.41, 5.74) is 10.7. The minimum atomic E-state index is -4.67. The van der Waals surface area contributed by atoms with E-state index in [1.807, 2.05) is 0 Å². The summed E-state index contributed by atoms with van der Waals surface area (Å²) < 4.78 is 36.4. The second-order valence-corrected chi connectivity index (χ2v) is 7.08. The van der Waals surface area contributed by atoms with E-state index in [1.165, 1.54) is 19.6 Å². The molecule has 13 nitrogen and oxygen atoms in total. The number of rotatable bonds is 12. The molecule has 190 valence electrons. The number of carbonyl (C=O) groups is 2. The summed E-state index contributed by atoms with van der Waals surface area (Å²) >= 11 is 0. The van der Waals surface area contributed by atoms with Crippen LogP contribution >= 0.6 is 0 Å². The van der Waals surface area contributed by atoms with Gasteiger partial charge in [-0.3, -0.25) is 14.1 Å². The molecule has 0 rings (SSSR count). The second kappa shape index (κ2) is 21.8. The van der Waals surface area contributed by atoms with Crippen molar-refractivity contribution >= 4 is 28.4 Å². The van der Waals surface area contributed by atoms with Crippen LogP contribution in [0.5, 0.6) is 0 Å². The predicted octanol–water partition coefficient (Wildman–Crippen LogP) is 0.154. The van der Waals surface area contributed by atoms with Gasteiger partial charge in [-0.1, -0.05) is 27.4 Å². The third-order valence-electron chi connectivity index (χ3n) is 3.48. The number of hydrogen-bond acceptors (Lipinski definition) is 7. The molecule has 0 radical (unpaired) electrons. The summed E-state index contributed by atoms with van der Waals surface area (Å²) in [5, 5.41) is 5.22. The Bertz CT molecular complexity index is 635. The minimum Gasteiger partial charge on any atom is -0.460 e. The standard InChI is InChI=1S/C12H23N5O3.C6H15N.H2O4S/c1-9(2)10(18)20-8-7-17-12(19)16-6-4-3-5-15-11(13)14;1-4-7(5-2)6-3;1-5(2,3)4/h1,3-8H2,2H3,(H4,13,14,15)(H2,16,17,19);4-6H2,1-3H3;(H2,1,2,3,4). The molecule has 0 heterocycles. The van der Waals surface area contributed by atoms with Gasteiger partial charge in [-0.2, -0.15) is 8.42 Å². The van der Waals surface area contributed by atoms with Crippen LogP contribution in [0, 0.1) is 0 Å². The van der Waals surface area contributed by atoms with Crippen molar-refractivity contribution < 1.29 is 31.8 Å². The Kier molecular flexibility index (Phi) is 23.3. The first kappa shape index (κ1) is 34.2. The van der Waals surface area contributed by atoms with Gasteiger partial charge >= 0.3 is 22.4 Å². The molecular formula is C18H40N6O7S. The molecule has 0 spiro atoms. The quantitative estimate of drug-likeness (QED) is 0.0551. The van der Waals surface area contributed by atoms with Crippen molar-refractivity contribution in [3.05, 3.63) is 12.2 Å². The zero-order valence-electron chi connectivity index (χ0n) is 19.5. The van der Waals surface area contributed by atoms with Crippen LogP contribution in [0.4, 0.5) is 4.79 Å². The zero-order chi connectivity index (χ0) is 25.6. The van der Waals surface area contributed by atoms with Crippen LogP contribution in [0.1, 0.15) is 40.5 Å². The second-order valence-electron chi connectivity index (χ2n) is 6.18. The number of nitrogens with two attached hydrogens (primary N) is 2. The number of nitrogens with zero attached hydrogens (tertiary/aromatic N) is 2. The van der Waals surface area contributed by atoms with Crippen LogP contribution in [-0.4, -0.2) is 86.3 Å². The van der Waals surface area contributed by atoms with Crippen molar-refractivity contribution in [1.82, 2.24) is 15.5 Å². The van der Waals surface area contributed by atoms with E-state index in [2.05, 4.69) is 47.9 Å². The van der Waals surface area contributed by atoms with Crippen molar-refractivity contribution in [2.75, 3.05) is 45.9 Å². The van der Waals surface area contributed by atoms with E-state index in [4.69, 9.17) is 33.7 Å². The Morgan fingerprint density at radius 1 is 1.03 bits per heavy atom. The van der Waals surface area contributed by atoms with Crippen LogP contribution < -0.4 is 22.1 Å². The smallest absolute Gasteiger partial charge is 0.394 e. The van der Waals surface area contributed by atoms with Gasteiger partial charge in [0.15, 0.2) is 5.96 Å². The lowest BCUT2D eigenvalue weighted by molar-refractivity contribution is -0.138. The Morgan fingerprint density at radius 2 is 1.50 bits per heavy atom. The molecule has 0 aliphatic carbocycles. The summed E-state index contributed by atoms with van der Waals surface area (Å²) in [6.45, 7) is 16.6. The molecule has 0 aliphatic rings. The number of guanidine groups is 1. The number of amides is 2. The average Bonchev–Trinajstić information content (AvgIpc) is 2.68. The Morgan fingerprint density at radius 3 is 1.88 bits per heavy atom. The molecule has 0 aromatic rings.